The van der Waals surface area contributed by atoms with Crippen LogP contribution in [0.2, 0.25) is 0 Å². The molecule has 2 aliphatic rings. The number of carboxylic acids is 1. The second kappa shape index (κ2) is 15.7. The second-order valence-corrected chi connectivity index (χ2v) is 12.7. The fourth-order valence-electron chi connectivity index (χ4n) is 6.30. The first kappa shape index (κ1) is 34.4. The summed E-state index contributed by atoms with van der Waals surface area (Å²) >= 11 is 0. The molecule has 1 spiro atoms. The van der Waals surface area contributed by atoms with Crippen LogP contribution in [0.5, 0.6) is 5.75 Å². The SMILES string of the molecule is CC(C)C[C@H](NC(=O)[C@H](Cc1ccccc1)NC(=O)CNC(=O)CN1C(=O)C(Cc2ccc(O)cc2)NC12CCCCC2)C(=O)O. The third kappa shape index (κ3) is 9.29. The van der Waals surface area contributed by atoms with Crippen molar-refractivity contribution in [3.05, 3.63) is 65.7 Å². The summed E-state index contributed by atoms with van der Waals surface area (Å²) in [6, 6.07) is 13.0. The molecule has 1 heterocycles. The number of aromatic hydroxyl groups is 1. The number of phenolic OH excluding ortho intramolecular Hbond substituents is 1. The van der Waals surface area contributed by atoms with Gasteiger partial charge in [0, 0.05) is 6.42 Å². The third-order valence-corrected chi connectivity index (χ3v) is 8.58. The van der Waals surface area contributed by atoms with Gasteiger partial charge in [-0.2, -0.15) is 0 Å². The number of hydrogen-bond donors (Lipinski definition) is 6. The average Bonchev–Trinajstić information content (AvgIpc) is 3.25. The number of rotatable bonds is 14. The van der Waals surface area contributed by atoms with Gasteiger partial charge in [-0.3, -0.25) is 24.5 Å². The van der Waals surface area contributed by atoms with Crippen molar-refractivity contribution in [1.82, 2.24) is 26.2 Å². The van der Waals surface area contributed by atoms with E-state index in [1.807, 2.05) is 19.9 Å². The van der Waals surface area contributed by atoms with Crippen LogP contribution in [0.1, 0.15) is 63.5 Å². The standard InChI is InChI=1S/C34H45N5O7/c1-22(2)17-28(33(45)46)37-31(43)26(18-23-9-5-3-6-10-23)36-29(41)20-35-30(42)21-39-32(44)27(19-24-11-13-25(40)14-12-24)38-34(39)15-7-4-8-16-34/h3,5-6,9-14,22,26-28,38,40H,4,7-8,15-21H2,1-2H3,(H,35,42)(H,36,41)(H,37,43)(H,45,46)/t26-,27?,28-/m0/s1. The van der Waals surface area contributed by atoms with Crippen LogP contribution in [0.4, 0.5) is 0 Å². The zero-order valence-electron chi connectivity index (χ0n) is 26.5. The molecule has 1 unspecified atom stereocenters. The summed E-state index contributed by atoms with van der Waals surface area (Å²) in [7, 11) is 0. The van der Waals surface area contributed by atoms with Gasteiger partial charge in [0.1, 0.15) is 24.4 Å². The monoisotopic (exact) mass is 635 g/mol. The lowest BCUT2D eigenvalue weighted by Gasteiger charge is -2.41. The molecular weight excluding hydrogens is 590 g/mol. The predicted molar refractivity (Wildman–Crippen MR) is 170 cm³/mol. The van der Waals surface area contributed by atoms with Crippen LogP contribution in [0.15, 0.2) is 54.6 Å². The summed E-state index contributed by atoms with van der Waals surface area (Å²) in [5.41, 5.74) is 0.999. The molecule has 2 aromatic carbocycles. The van der Waals surface area contributed by atoms with Crippen molar-refractivity contribution in [3.63, 3.8) is 0 Å². The Kier molecular flexibility index (Phi) is 11.8. The lowest BCUT2D eigenvalue weighted by atomic mass is 9.88. The van der Waals surface area contributed by atoms with Crippen molar-refractivity contribution in [3.8, 4) is 5.75 Å². The minimum absolute atomic E-state index is 0.0207. The summed E-state index contributed by atoms with van der Waals surface area (Å²) in [5, 5.41) is 30.5. The van der Waals surface area contributed by atoms with E-state index in [2.05, 4.69) is 21.3 Å². The Labute approximate surface area is 269 Å². The fraction of sp³-hybridized carbons (Fsp3) is 0.500. The number of phenols is 1. The average molecular weight is 636 g/mol. The van der Waals surface area contributed by atoms with Gasteiger partial charge in [-0.15, -0.1) is 0 Å². The van der Waals surface area contributed by atoms with Gasteiger partial charge in [0.2, 0.25) is 23.6 Å². The molecule has 3 atom stereocenters. The molecule has 46 heavy (non-hydrogen) atoms. The van der Waals surface area contributed by atoms with E-state index in [9.17, 15) is 34.2 Å². The predicted octanol–water partition coefficient (Wildman–Crippen LogP) is 1.85. The Morgan fingerprint density at radius 2 is 1.59 bits per heavy atom. The maximum atomic E-state index is 13.6. The maximum Gasteiger partial charge on any atom is 0.326 e. The number of hydrogen-bond acceptors (Lipinski definition) is 7. The highest BCUT2D eigenvalue weighted by Gasteiger charge is 2.50. The van der Waals surface area contributed by atoms with Gasteiger partial charge in [-0.1, -0.05) is 62.7 Å². The Balaban J connectivity index is 1.38. The molecule has 4 amide bonds. The number of aliphatic carboxylic acids is 1. The Bertz CT molecular complexity index is 1380. The summed E-state index contributed by atoms with van der Waals surface area (Å²) in [4.78, 5) is 66.3. The Morgan fingerprint density at radius 1 is 0.913 bits per heavy atom. The first-order chi connectivity index (χ1) is 22.0. The zero-order valence-corrected chi connectivity index (χ0v) is 26.5. The Hall–Kier alpha value is -4.45. The van der Waals surface area contributed by atoms with Gasteiger partial charge in [0.25, 0.3) is 0 Å². The van der Waals surface area contributed by atoms with E-state index >= 15 is 0 Å². The molecule has 1 saturated heterocycles. The second-order valence-electron chi connectivity index (χ2n) is 12.7. The number of nitrogens with zero attached hydrogens (tertiary/aromatic N) is 1. The smallest absolute Gasteiger partial charge is 0.326 e. The van der Waals surface area contributed by atoms with Crippen molar-refractivity contribution >= 4 is 29.6 Å². The third-order valence-electron chi connectivity index (χ3n) is 8.58. The van der Waals surface area contributed by atoms with E-state index in [1.54, 1.807) is 53.4 Å². The summed E-state index contributed by atoms with van der Waals surface area (Å²) in [5.74, 6) is -2.95. The molecule has 1 saturated carbocycles. The normalized spacial score (nSPS) is 18.6. The molecule has 0 bridgehead atoms. The van der Waals surface area contributed by atoms with Gasteiger partial charge in [0.05, 0.1) is 18.2 Å². The maximum absolute atomic E-state index is 13.6. The minimum atomic E-state index is -1.16. The lowest BCUT2D eigenvalue weighted by molar-refractivity contribution is -0.142. The Morgan fingerprint density at radius 3 is 2.22 bits per heavy atom. The highest BCUT2D eigenvalue weighted by molar-refractivity contribution is 5.94. The van der Waals surface area contributed by atoms with E-state index in [0.717, 1.165) is 30.4 Å². The van der Waals surface area contributed by atoms with Crippen molar-refractivity contribution in [1.29, 1.82) is 0 Å². The zero-order chi connectivity index (χ0) is 33.3. The van der Waals surface area contributed by atoms with Crippen molar-refractivity contribution in [2.45, 2.75) is 89.0 Å². The van der Waals surface area contributed by atoms with Crippen LogP contribution < -0.4 is 21.3 Å². The van der Waals surface area contributed by atoms with Crippen LogP contribution in [-0.4, -0.2) is 81.6 Å². The van der Waals surface area contributed by atoms with Gasteiger partial charge < -0.3 is 31.1 Å². The van der Waals surface area contributed by atoms with Crippen LogP contribution in [0, 0.1) is 5.92 Å². The van der Waals surface area contributed by atoms with E-state index < -0.39 is 54.0 Å². The van der Waals surface area contributed by atoms with E-state index in [4.69, 9.17) is 0 Å². The number of amides is 4. The largest absolute Gasteiger partial charge is 0.508 e. The number of nitrogens with one attached hydrogen (secondary N) is 4. The van der Waals surface area contributed by atoms with E-state index in [1.165, 1.54) is 0 Å². The van der Waals surface area contributed by atoms with Crippen molar-refractivity contribution < 1.29 is 34.2 Å². The number of carbonyl (C=O) groups is 5. The van der Waals surface area contributed by atoms with Crippen molar-refractivity contribution in [2.75, 3.05) is 13.1 Å². The molecule has 0 radical (unpaired) electrons. The lowest BCUT2D eigenvalue weighted by Crippen LogP contribution is -2.57. The minimum Gasteiger partial charge on any atom is -0.508 e. The fourth-order valence-corrected chi connectivity index (χ4v) is 6.30. The quantitative estimate of drug-likeness (QED) is 0.182. The van der Waals surface area contributed by atoms with Crippen LogP contribution in [0.3, 0.4) is 0 Å². The number of carboxylic acid groups (broad SMARTS) is 1. The van der Waals surface area contributed by atoms with Crippen LogP contribution in [-0.2, 0) is 36.8 Å². The molecule has 2 fully saturated rings. The molecule has 2 aromatic rings. The summed E-state index contributed by atoms with van der Waals surface area (Å²) in [6.07, 6.45) is 5.06. The molecule has 12 heteroatoms. The molecular formula is C34H45N5O7. The molecule has 1 aliphatic heterocycles. The highest BCUT2D eigenvalue weighted by atomic mass is 16.4. The summed E-state index contributed by atoms with van der Waals surface area (Å²) < 4.78 is 0. The van der Waals surface area contributed by atoms with Gasteiger partial charge in [0.15, 0.2) is 0 Å². The summed E-state index contributed by atoms with van der Waals surface area (Å²) in [6.45, 7) is 3.05. The first-order valence-corrected chi connectivity index (χ1v) is 16.0. The van der Waals surface area contributed by atoms with E-state index in [-0.39, 0.29) is 37.0 Å². The first-order valence-electron chi connectivity index (χ1n) is 16.0. The molecule has 0 aromatic heterocycles. The van der Waals surface area contributed by atoms with Gasteiger partial charge >= 0.3 is 5.97 Å². The van der Waals surface area contributed by atoms with E-state index in [0.29, 0.717) is 19.3 Å². The molecule has 6 N–H and O–H groups in total. The van der Waals surface area contributed by atoms with Crippen molar-refractivity contribution in [2.24, 2.45) is 5.92 Å². The van der Waals surface area contributed by atoms with Crippen LogP contribution in [0.25, 0.3) is 0 Å². The van der Waals surface area contributed by atoms with Crippen LogP contribution >= 0.6 is 0 Å². The molecule has 4 rings (SSSR count). The molecule has 248 valence electrons. The highest BCUT2D eigenvalue weighted by Crippen LogP contribution is 2.36. The number of carbonyl (C=O) groups excluding carboxylic acids is 4. The molecule has 12 nitrogen and oxygen atoms in total. The van der Waals surface area contributed by atoms with Gasteiger partial charge in [-0.05, 0) is 67.7 Å². The topological polar surface area (TPSA) is 177 Å². The molecule has 1 aliphatic carbocycles. The van der Waals surface area contributed by atoms with Gasteiger partial charge in [-0.25, -0.2) is 4.79 Å². The number of benzene rings is 2.